The fourth-order valence-electron chi connectivity index (χ4n) is 1.88. The Morgan fingerprint density at radius 3 is 3.00 bits per heavy atom. The van der Waals surface area contributed by atoms with E-state index in [4.69, 9.17) is 0 Å². The smallest absolute Gasteiger partial charge is 0.253 e. The van der Waals surface area contributed by atoms with E-state index >= 15 is 0 Å². The molecule has 4 nitrogen and oxygen atoms in total. The van der Waals surface area contributed by atoms with Crippen LogP contribution in [0.25, 0.3) is 0 Å². The summed E-state index contributed by atoms with van der Waals surface area (Å²) in [6, 6.07) is 7.59. The van der Waals surface area contributed by atoms with Crippen LogP contribution < -0.4 is 5.32 Å². The summed E-state index contributed by atoms with van der Waals surface area (Å²) in [5, 5.41) is 2.91. The molecule has 4 heteroatoms. The van der Waals surface area contributed by atoms with Gasteiger partial charge in [0, 0.05) is 23.5 Å². The zero-order chi connectivity index (χ0) is 10.3. The molecular weight excluding hydrogens is 190 g/mol. The predicted molar refractivity (Wildman–Crippen MR) is 54.3 cm³/mol. The summed E-state index contributed by atoms with van der Waals surface area (Å²) >= 11 is 0. The number of hydrogen-bond acceptors (Lipinski definition) is 2. The van der Waals surface area contributed by atoms with E-state index in [1.54, 1.807) is 12.5 Å². The normalized spacial score (nSPS) is 18.7. The summed E-state index contributed by atoms with van der Waals surface area (Å²) in [4.78, 5) is 15.6. The maximum atomic E-state index is 11.6. The molecule has 1 atom stereocenters. The molecule has 0 radical (unpaired) electrons. The van der Waals surface area contributed by atoms with Crippen molar-refractivity contribution in [3.8, 4) is 0 Å². The second-order valence-electron chi connectivity index (χ2n) is 3.47. The zero-order valence-corrected chi connectivity index (χ0v) is 7.92. The molecule has 1 aromatic carbocycles. The van der Waals surface area contributed by atoms with Crippen LogP contribution in [0, 0.1) is 0 Å². The Morgan fingerprint density at radius 2 is 2.20 bits per heavy atom. The van der Waals surface area contributed by atoms with Gasteiger partial charge in [-0.15, -0.1) is 0 Å². The number of carbonyl (C=O) groups is 1. The summed E-state index contributed by atoms with van der Waals surface area (Å²) in [5.74, 6) is -0.0238. The van der Waals surface area contributed by atoms with Crippen molar-refractivity contribution >= 4 is 5.91 Å². The van der Waals surface area contributed by atoms with Crippen LogP contribution >= 0.6 is 0 Å². The van der Waals surface area contributed by atoms with Gasteiger partial charge >= 0.3 is 0 Å². The van der Waals surface area contributed by atoms with Crippen molar-refractivity contribution < 1.29 is 4.79 Å². The molecule has 0 aliphatic carbocycles. The summed E-state index contributed by atoms with van der Waals surface area (Å²) < 4.78 is 1.88. The number of benzene rings is 1. The van der Waals surface area contributed by atoms with E-state index in [1.165, 1.54) is 0 Å². The maximum Gasteiger partial charge on any atom is 0.253 e. The third-order valence-corrected chi connectivity index (χ3v) is 2.59. The Bertz CT molecular complexity index is 504. The lowest BCUT2D eigenvalue weighted by Crippen LogP contribution is -2.24. The van der Waals surface area contributed by atoms with Crippen LogP contribution in [-0.4, -0.2) is 15.5 Å². The van der Waals surface area contributed by atoms with Crippen molar-refractivity contribution in [3.63, 3.8) is 0 Å². The van der Waals surface area contributed by atoms with Gasteiger partial charge in [-0.25, -0.2) is 4.98 Å². The number of hydrogen-bond donors (Lipinski definition) is 1. The minimum Gasteiger partial charge on any atom is -0.327 e. The first-order chi connectivity index (χ1) is 7.36. The van der Waals surface area contributed by atoms with Crippen molar-refractivity contribution in [1.29, 1.82) is 0 Å². The molecule has 2 aromatic rings. The molecule has 2 heterocycles. The lowest BCUT2D eigenvalue weighted by molar-refractivity contribution is 0.0952. The second kappa shape index (κ2) is 2.95. The van der Waals surface area contributed by atoms with E-state index in [9.17, 15) is 4.79 Å². The van der Waals surface area contributed by atoms with Gasteiger partial charge in [0.25, 0.3) is 5.91 Å². The number of fused-ring (bicyclic) bond motifs is 1. The molecule has 1 aromatic heterocycles. The van der Waals surface area contributed by atoms with Crippen LogP contribution in [0.3, 0.4) is 0 Å². The van der Waals surface area contributed by atoms with Crippen LogP contribution in [-0.2, 0) is 0 Å². The van der Waals surface area contributed by atoms with Crippen LogP contribution in [0.2, 0.25) is 0 Å². The van der Waals surface area contributed by atoms with Crippen molar-refractivity contribution in [3.05, 3.63) is 54.1 Å². The molecule has 3 rings (SSSR count). The SMILES string of the molecule is O=C1NC(n2ccnc2)c2ccccc21. The summed E-state index contributed by atoms with van der Waals surface area (Å²) in [5.41, 5.74) is 1.75. The number of rotatable bonds is 1. The Morgan fingerprint density at radius 1 is 1.33 bits per heavy atom. The highest BCUT2D eigenvalue weighted by Gasteiger charge is 2.28. The van der Waals surface area contributed by atoms with Gasteiger partial charge in [0.05, 0.1) is 6.33 Å². The van der Waals surface area contributed by atoms with E-state index in [0.717, 1.165) is 11.1 Å². The average molecular weight is 199 g/mol. The molecule has 0 fully saturated rings. The minimum absolute atomic E-state index is 0.0238. The topological polar surface area (TPSA) is 46.9 Å². The Labute approximate surface area is 86.6 Å². The third kappa shape index (κ3) is 1.15. The van der Waals surface area contributed by atoms with E-state index < -0.39 is 0 Å². The van der Waals surface area contributed by atoms with E-state index in [-0.39, 0.29) is 12.1 Å². The molecule has 1 aliphatic rings. The van der Waals surface area contributed by atoms with Crippen LogP contribution in [0.4, 0.5) is 0 Å². The highest BCUT2D eigenvalue weighted by Crippen LogP contribution is 2.25. The van der Waals surface area contributed by atoms with E-state index in [1.807, 2.05) is 35.0 Å². The Kier molecular flexibility index (Phi) is 1.62. The number of nitrogens with zero attached hydrogens (tertiary/aromatic N) is 2. The first kappa shape index (κ1) is 8.23. The van der Waals surface area contributed by atoms with Gasteiger partial charge in [0.15, 0.2) is 0 Å². The molecule has 1 N–H and O–H groups in total. The second-order valence-corrected chi connectivity index (χ2v) is 3.47. The first-order valence-electron chi connectivity index (χ1n) is 4.73. The monoisotopic (exact) mass is 199 g/mol. The standard InChI is InChI=1S/C11H9N3O/c15-11-9-4-2-1-3-8(9)10(13-11)14-6-5-12-7-14/h1-7,10H,(H,13,15). The maximum absolute atomic E-state index is 11.6. The van der Waals surface area contributed by atoms with Crippen molar-refractivity contribution in [2.45, 2.75) is 6.17 Å². The van der Waals surface area contributed by atoms with Gasteiger partial charge < -0.3 is 9.88 Å². The number of imidazole rings is 1. The van der Waals surface area contributed by atoms with Gasteiger partial charge in [-0.3, -0.25) is 4.79 Å². The Balaban J connectivity index is 2.13. The number of aromatic nitrogens is 2. The van der Waals surface area contributed by atoms with Gasteiger partial charge in [0.1, 0.15) is 6.17 Å². The lowest BCUT2D eigenvalue weighted by atomic mass is 10.1. The fourth-order valence-corrected chi connectivity index (χ4v) is 1.88. The molecule has 0 spiro atoms. The number of nitrogens with one attached hydrogen (secondary N) is 1. The summed E-state index contributed by atoms with van der Waals surface area (Å²) in [7, 11) is 0. The molecule has 0 bridgehead atoms. The largest absolute Gasteiger partial charge is 0.327 e. The molecule has 0 saturated carbocycles. The molecule has 1 aliphatic heterocycles. The molecule has 74 valence electrons. The Hall–Kier alpha value is -2.10. The number of amides is 1. The highest BCUT2D eigenvalue weighted by molar-refractivity contribution is 5.99. The number of carbonyl (C=O) groups excluding carboxylic acids is 1. The van der Waals surface area contributed by atoms with Crippen molar-refractivity contribution in [2.75, 3.05) is 0 Å². The minimum atomic E-state index is -0.115. The summed E-state index contributed by atoms with van der Waals surface area (Å²) in [6.07, 6.45) is 5.13. The van der Waals surface area contributed by atoms with Gasteiger partial charge in [-0.2, -0.15) is 0 Å². The first-order valence-corrected chi connectivity index (χ1v) is 4.73. The molecule has 1 unspecified atom stereocenters. The molecule has 15 heavy (non-hydrogen) atoms. The van der Waals surface area contributed by atoms with Gasteiger partial charge in [0.2, 0.25) is 0 Å². The fraction of sp³-hybridized carbons (Fsp3) is 0.0909. The van der Waals surface area contributed by atoms with Gasteiger partial charge in [-0.05, 0) is 6.07 Å². The van der Waals surface area contributed by atoms with Crippen LogP contribution in [0.15, 0.2) is 43.0 Å². The van der Waals surface area contributed by atoms with Crippen LogP contribution in [0.1, 0.15) is 22.1 Å². The predicted octanol–water partition coefficient (Wildman–Crippen LogP) is 1.17. The molecule has 0 saturated heterocycles. The average Bonchev–Trinajstić information content (AvgIpc) is 2.87. The lowest BCUT2D eigenvalue weighted by Gasteiger charge is -2.12. The van der Waals surface area contributed by atoms with E-state index in [2.05, 4.69) is 10.3 Å². The van der Waals surface area contributed by atoms with Crippen molar-refractivity contribution in [2.24, 2.45) is 0 Å². The third-order valence-electron chi connectivity index (χ3n) is 2.59. The van der Waals surface area contributed by atoms with Crippen LogP contribution in [0.5, 0.6) is 0 Å². The molecule has 1 amide bonds. The van der Waals surface area contributed by atoms with Gasteiger partial charge in [-0.1, -0.05) is 18.2 Å². The highest BCUT2D eigenvalue weighted by atomic mass is 16.2. The quantitative estimate of drug-likeness (QED) is 0.749. The van der Waals surface area contributed by atoms with Crippen molar-refractivity contribution in [1.82, 2.24) is 14.9 Å². The zero-order valence-electron chi connectivity index (χ0n) is 7.92. The summed E-state index contributed by atoms with van der Waals surface area (Å²) in [6.45, 7) is 0. The molecular formula is C11H9N3O. The van der Waals surface area contributed by atoms with E-state index in [0.29, 0.717) is 0 Å².